The molecule has 92 heavy (non-hydrogen) atoms. The smallest absolute Gasteiger partial charge is 0.224 e. The average Bonchev–Trinajstić information content (AvgIpc) is 0.940. The molecule has 0 spiro atoms. The van der Waals surface area contributed by atoms with Crippen LogP contribution in [0.2, 0.25) is 0 Å². The highest BCUT2D eigenvalue weighted by Crippen LogP contribution is 2.40. The highest BCUT2D eigenvalue weighted by atomic mass is 16.5. The maximum absolute atomic E-state index is 6.23. The summed E-state index contributed by atoms with van der Waals surface area (Å²) < 4.78 is 12.5. The summed E-state index contributed by atoms with van der Waals surface area (Å²) in [6, 6.07) is 94.8. The lowest BCUT2D eigenvalue weighted by Crippen LogP contribution is -1.94. The maximum atomic E-state index is 6.23. The molecule has 0 fully saturated rings. The first-order chi connectivity index (χ1) is 45.5. The fourth-order valence-corrected chi connectivity index (χ4v) is 11.6. The molecular weight excluding hydrogens is 1130 g/mol. The molecule has 9 nitrogen and oxygen atoms in total. The Morgan fingerprint density at radius 3 is 0.587 bits per heavy atom. The van der Waals surface area contributed by atoms with Gasteiger partial charge in [-0.05, 0) is 209 Å². The molecule has 7 aromatic heterocycles. The van der Waals surface area contributed by atoms with Crippen LogP contribution in [0.15, 0.2) is 335 Å². The Bertz CT molecular complexity index is 4570. The van der Waals surface area contributed by atoms with Crippen molar-refractivity contribution >= 4 is 0 Å². The third kappa shape index (κ3) is 12.6. The predicted molar refractivity (Wildman–Crippen MR) is 369 cm³/mol. The van der Waals surface area contributed by atoms with E-state index in [0.29, 0.717) is 23.5 Å². The van der Waals surface area contributed by atoms with Crippen molar-refractivity contribution in [2.75, 3.05) is 0 Å². The summed E-state index contributed by atoms with van der Waals surface area (Å²) in [7, 11) is 0. The lowest BCUT2D eigenvalue weighted by Gasteiger charge is -2.14. The summed E-state index contributed by atoms with van der Waals surface area (Å²) in [6.07, 6.45) is 18.5. The van der Waals surface area contributed by atoms with Crippen molar-refractivity contribution in [1.82, 2.24) is 34.9 Å². The minimum Gasteiger partial charge on any atom is -0.421 e. The molecule has 0 saturated heterocycles. The molecule has 0 unspecified atom stereocenters. The van der Waals surface area contributed by atoms with Crippen LogP contribution < -0.4 is 9.47 Å². The van der Waals surface area contributed by atoms with E-state index in [1.54, 1.807) is 36.9 Å². The summed E-state index contributed by atoms with van der Waals surface area (Å²) in [5.74, 6) is 1.46. The Hall–Kier alpha value is -12.6. The van der Waals surface area contributed by atoms with Crippen molar-refractivity contribution in [1.29, 1.82) is 0 Å². The van der Waals surface area contributed by atoms with Crippen molar-refractivity contribution in [3.8, 4) is 157 Å². The quantitative estimate of drug-likeness (QED) is 0.0934. The molecular formula is C83H55N7O2. The Kier molecular flexibility index (Phi) is 15.6. The predicted octanol–water partition coefficient (Wildman–Crippen LogP) is 21.0. The van der Waals surface area contributed by atoms with Gasteiger partial charge in [0.05, 0.1) is 0 Å². The standard InChI is InChI=1S/C83H55N7O2/c1-12-56(68-24-8-34-84-50-68)38-62(18-1)74-44-75(63-19-2-13-57(39-63)69-25-9-35-85-51-69)47-78(46-74)66-22-5-16-60(42-66)72-30-32-80(88-54-72)91-82-28-7-29-83(90-82)92-81-33-31-73(55-89-81)61-17-6-23-67(43-61)79-48-76(64-20-3-14-58(40-64)70-26-10-36-86-52-70)45-77(49-79)65-21-4-15-59(41-65)71-27-11-37-87-53-71/h1-55H. The van der Waals surface area contributed by atoms with E-state index in [4.69, 9.17) is 19.4 Å². The van der Waals surface area contributed by atoms with Gasteiger partial charge in [-0.1, -0.05) is 140 Å². The van der Waals surface area contributed by atoms with Crippen molar-refractivity contribution in [2.24, 2.45) is 0 Å². The molecule has 0 atom stereocenters. The van der Waals surface area contributed by atoms with Crippen LogP contribution in [0, 0.1) is 0 Å². The maximum Gasteiger partial charge on any atom is 0.224 e. The van der Waals surface area contributed by atoms with Crippen molar-refractivity contribution < 1.29 is 9.47 Å². The topological polar surface area (TPSA) is 109 Å². The molecule has 0 aliphatic rings. The van der Waals surface area contributed by atoms with Crippen LogP contribution in [0.1, 0.15) is 0 Å². The molecule has 0 amide bonds. The number of pyridine rings is 7. The molecule has 7 heterocycles. The van der Waals surface area contributed by atoms with Gasteiger partial charge in [0, 0.05) is 120 Å². The molecule has 8 aromatic carbocycles. The number of hydrogen-bond donors (Lipinski definition) is 0. The van der Waals surface area contributed by atoms with Gasteiger partial charge in [0.2, 0.25) is 23.5 Å². The molecule has 15 aromatic rings. The van der Waals surface area contributed by atoms with E-state index < -0.39 is 0 Å². The molecule has 0 aliphatic carbocycles. The lowest BCUT2D eigenvalue weighted by atomic mass is 9.91. The summed E-state index contributed by atoms with van der Waals surface area (Å²) in [5, 5.41) is 0. The first kappa shape index (κ1) is 56.0. The second kappa shape index (κ2) is 25.6. The normalized spacial score (nSPS) is 11.0. The second-order valence-corrected chi connectivity index (χ2v) is 22.3. The molecule has 0 aliphatic heterocycles. The van der Waals surface area contributed by atoms with Gasteiger partial charge in [-0.3, -0.25) is 19.9 Å². The summed E-state index contributed by atoms with van der Waals surface area (Å²) in [6.45, 7) is 0. The largest absolute Gasteiger partial charge is 0.421 e. The van der Waals surface area contributed by atoms with Crippen LogP contribution in [0.5, 0.6) is 23.5 Å². The summed E-state index contributed by atoms with van der Waals surface area (Å²) in [5.41, 5.74) is 25.8. The van der Waals surface area contributed by atoms with Gasteiger partial charge in [-0.2, -0.15) is 4.98 Å². The zero-order valence-corrected chi connectivity index (χ0v) is 49.7. The number of hydrogen-bond acceptors (Lipinski definition) is 9. The zero-order valence-electron chi connectivity index (χ0n) is 49.7. The molecule has 0 saturated carbocycles. The average molecular weight is 1180 g/mol. The number of nitrogens with zero attached hydrogens (tertiary/aromatic N) is 7. The third-order valence-electron chi connectivity index (χ3n) is 16.3. The van der Waals surface area contributed by atoms with Crippen LogP contribution in [-0.2, 0) is 0 Å². The second-order valence-electron chi connectivity index (χ2n) is 22.3. The van der Waals surface area contributed by atoms with E-state index in [0.717, 1.165) is 134 Å². The molecule has 9 heteroatoms. The fraction of sp³-hybridized carbons (Fsp3) is 0. The number of rotatable bonds is 16. The van der Waals surface area contributed by atoms with Gasteiger partial charge in [0.25, 0.3) is 0 Å². The van der Waals surface area contributed by atoms with Gasteiger partial charge in [-0.15, -0.1) is 0 Å². The van der Waals surface area contributed by atoms with E-state index >= 15 is 0 Å². The van der Waals surface area contributed by atoms with Crippen molar-refractivity contribution in [3.63, 3.8) is 0 Å². The van der Waals surface area contributed by atoms with Crippen LogP contribution in [-0.4, -0.2) is 34.9 Å². The summed E-state index contributed by atoms with van der Waals surface area (Å²) in [4.78, 5) is 31.7. The molecule has 0 radical (unpaired) electrons. The number of ether oxygens (including phenoxy) is 2. The van der Waals surface area contributed by atoms with Gasteiger partial charge in [0.15, 0.2) is 0 Å². The minimum absolute atomic E-state index is 0.334. The molecule has 0 N–H and O–H groups in total. The van der Waals surface area contributed by atoms with Gasteiger partial charge in [0.1, 0.15) is 0 Å². The van der Waals surface area contributed by atoms with Gasteiger partial charge in [-0.25, -0.2) is 9.97 Å². The Labute approximate surface area is 533 Å². The lowest BCUT2D eigenvalue weighted by molar-refractivity contribution is 0.410. The summed E-state index contributed by atoms with van der Waals surface area (Å²) >= 11 is 0. The van der Waals surface area contributed by atoms with Crippen molar-refractivity contribution in [3.05, 3.63) is 335 Å². The minimum atomic E-state index is 0.334. The molecule has 0 bridgehead atoms. The number of benzene rings is 8. The van der Waals surface area contributed by atoms with E-state index in [1.807, 2.05) is 91.8 Å². The monoisotopic (exact) mass is 1180 g/mol. The van der Waals surface area contributed by atoms with E-state index in [-0.39, 0.29) is 0 Å². The third-order valence-corrected chi connectivity index (χ3v) is 16.3. The van der Waals surface area contributed by atoms with E-state index in [9.17, 15) is 0 Å². The first-order valence-electron chi connectivity index (χ1n) is 30.3. The van der Waals surface area contributed by atoms with Crippen LogP contribution >= 0.6 is 0 Å². The van der Waals surface area contributed by atoms with Crippen LogP contribution in [0.4, 0.5) is 0 Å². The Morgan fingerprint density at radius 1 is 0.163 bits per heavy atom. The van der Waals surface area contributed by atoms with Crippen LogP contribution in [0.25, 0.3) is 134 Å². The van der Waals surface area contributed by atoms with Crippen LogP contribution in [0.3, 0.4) is 0 Å². The van der Waals surface area contributed by atoms with Gasteiger partial charge >= 0.3 is 0 Å². The fourth-order valence-electron chi connectivity index (χ4n) is 11.6. The van der Waals surface area contributed by atoms with E-state index in [1.165, 1.54) is 0 Å². The Morgan fingerprint density at radius 2 is 0.370 bits per heavy atom. The highest BCUT2D eigenvalue weighted by Gasteiger charge is 2.15. The van der Waals surface area contributed by atoms with Crippen molar-refractivity contribution in [2.45, 2.75) is 0 Å². The molecule has 15 rings (SSSR count). The zero-order chi connectivity index (χ0) is 61.4. The molecule has 434 valence electrons. The number of aromatic nitrogens is 7. The van der Waals surface area contributed by atoms with Gasteiger partial charge < -0.3 is 9.47 Å². The Balaban J connectivity index is 0.656. The first-order valence-corrected chi connectivity index (χ1v) is 30.3. The highest BCUT2D eigenvalue weighted by molar-refractivity contribution is 5.87. The SMILES string of the molecule is c1cncc(-c2cccc(-c3cc(-c4cccc(-c5cccnc5)c4)cc(-c4cccc(-c5ccc(Oc6cccc(Oc7ccc(-c8cccc(-c9cc(-c%10cccc(-c%11cccnc%11)c%10)cc(-c%10cccc(-c%11cccnc%11)c%10)c9)c8)cn7)n6)nc5)c4)c3)c2)c1. The van der Waals surface area contributed by atoms with E-state index in [2.05, 4.69) is 231 Å².